The van der Waals surface area contributed by atoms with Crippen molar-refractivity contribution in [1.82, 2.24) is 0 Å². The lowest BCUT2D eigenvalue weighted by Crippen LogP contribution is -2.15. The second-order valence-corrected chi connectivity index (χ2v) is 6.98. The second kappa shape index (κ2) is 9.70. The van der Waals surface area contributed by atoms with Crippen molar-refractivity contribution in [3.05, 3.63) is 74.0 Å². The van der Waals surface area contributed by atoms with Crippen LogP contribution in [0.2, 0.25) is 0 Å². The van der Waals surface area contributed by atoms with Gasteiger partial charge in [0.1, 0.15) is 11.5 Å². The van der Waals surface area contributed by atoms with E-state index in [0.29, 0.717) is 18.4 Å². The largest absolute Gasteiger partial charge is 0.519 e. The summed E-state index contributed by atoms with van der Waals surface area (Å²) in [6.07, 6.45) is 3.33. The van der Waals surface area contributed by atoms with Crippen molar-refractivity contribution in [3.8, 4) is 11.5 Å². The van der Waals surface area contributed by atoms with Crippen molar-refractivity contribution in [2.24, 2.45) is 0 Å². The number of nitro groups is 2. The van der Waals surface area contributed by atoms with Crippen molar-refractivity contribution in [1.29, 1.82) is 0 Å². The number of benzene rings is 2. The van der Waals surface area contributed by atoms with Gasteiger partial charge in [-0.05, 0) is 37.5 Å². The minimum atomic E-state index is -1.12. The van der Waals surface area contributed by atoms with E-state index in [1.807, 2.05) is 0 Å². The number of hydrogen-bond donors (Lipinski definition) is 1. The zero-order chi connectivity index (χ0) is 22.4. The predicted molar refractivity (Wildman–Crippen MR) is 110 cm³/mol. The second-order valence-electron chi connectivity index (χ2n) is 6.98. The minimum Gasteiger partial charge on any atom is -0.512 e. The molecule has 0 fully saturated rings. The average molecular weight is 428 g/mol. The van der Waals surface area contributed by atoms with Crippen molar-refractivity contribution >= 4 is 23.1 Å². The molecule has 10 nitrogen and oxygen atoms in total. The molecular formula is C21H20N2O8. The summed E-state index contributed by atoms with van der Waals surface area (Å²) in [7, 11) is 0. The van der Waals surface area contributed by atoms with Gasteiger partial charge in [-0.3, -0.25) is 20.2 Å². The molecule has 1 aliphatic rings. The topological polar surface area (TPSA) is 142 Å². The summed E-state index contributed by atoms with van der Waals surface area (Å²) in [5.41, 5.74) is 0.397. The molecule has 0 bridgehead atoms. The van der Waals surface area contributed by atoms with Gasteiger partial charge in [0.15, 0.2) is 0 Å². The predicted octanol–water partition coefficient (Wildman–Crippen LogP) is 5.70. The van der Waals surface area contributed by atoms with E-state index in [1.54, 1.807) is 0 Å². The molecule has 0 spiro atoms. The van der Waals surface area contributed by atoms with E-state index in [-0.39, 0.29) is 34.2 Å². The monoisotopic (exact) mass is 428 g/mol. The highest BCUT2D eigenvalue weighted by Gasteiger charge is 2.22. The van der Waals surface area contributed by atoms with Crippen LogP contribution in [0.15, 0.2) is 48.2 Å². The molecule has 0 radical (unpaired) electrons. The lowest BCUT2D eigenvalue weighted by atomic mass is 9.92. The minimum absolute atomic E-state index is 0.0136. The van der Waals surface area contributed by atoms with Crippen molar-refractivity contribution < 1.29 is 29.2 Å². The number of carbonyl (C=O) groups is 1. The highest BCUT2D eigenvalue weighted by molar-refractivity contribution is 5.77. The number of aliphatic hydroxyl groups excluding tert-OH is 1. The third-order valence-corrected chi connectivity index (χ3v) is 4.88. The molecule has 1 N–H and O–H groups in total. The Hall–Kier alpha value is -3.95. The molecular weight excluding hydrogens is 408 g/mol. The summed E-state index contributed by atoms with van der Waals surface area (Å²) in [5.74, 6) is 0.167. The Morgan fingerprint density at radius 3 is 2.10 bits per heavy atom. The van der Waals surface area contributed by atoms with E-state index in [1.165, 1.54) is 42.5 Å². The van der Waals surface area contributed by atoms with Crippen molar-refractivity contribution in [2.75, 3.05) is 0 Å². The molecule has 1 aliphatic carbocycles. The van der Waals surface area contributed by atoms with Crippen LogP contribution >= 0.6 is 0 Å². The molecule has 2 aromatic rings. The first kappa shape index (κ1) is 21.8. The quantitative estimate of drug-likeness (QED) is 0.276. The van der Waals surface area contributed by atoms with Crippen LogP contribution in [0.1, 0.15) is 44.1 Å². The maximum Gasteiger partial charge on any atom is 0.519 e. The van der Waals surface area contributed by atoms with Crippen LogP contribution in [0.25, 0.3) is 5.57 Å². The molecule has 0 heterocycles. The molecule has 3 rings (SSSR count). The van der Waals surface area contributed by atoms with E-state index >= 15 is 0 Å². The molecule has 0 saturated heterocycles. The van der Waals surface area contributed by atoms with Crippen molar-refractivity contribution in [3.63, 3.8) is 0 Å². The van der Waals surface area contributed by atoms with Gasteiger partial charge in [0, 0.05) is 41.8 Å². The molecule has 162 valence electrons. The zero-order valence-electron chi connectivity index (χ0n) is 16.5. The van der Waals surface area contributed by atoms with Gasteiger partial charge in [0.25, 0.3) is 11.4 Å². The van der Waals surface area contributed by atoms with Gasteiger partial charge < -0.3 is 14.6 Å². The van der Waals surface area contributed by atoms with Gasteiger partial charge in [-0.2, -0.15) is 0 Å². The van der Waals surface area contributed by atoms with Gasteiger partial charge in [-0.15, -0.1) is 0 Å². The molecule has 0 amide bonds. The Balaban J connectivity index is 1.87. The Bertz CT molecular complexity index is 1030. The smallest absolute Gasteiger partial charge is 0.512 e. The number of carbonyl (C=O) groups excluding carboxylic acids is 1. The molecule has 0 saturated carbocycles. The fourth-order valence-electron chi connectivity index (χ4n) is 3.33. The van der Waals surface area contributed by atoms with Gasteiger partial charge in [0.2, 0.25) is 0 Å². The number of nitro benzene ring substituents is 2. The van der Waals surface area contributed by atoms with Gasteiger partial charge >= 0.3 is 6.16 Å². The normalized spacial score (nSPS) is 16.6. The fraction of sp³-hybridized carbons (Fsp3) is 0.286. The Morgan fingerprint density at radius 2 is 1.45 bits per heavy atom. The summed E-state index contributed by atoms with van der Waals surface area (Å²) in [6, 6.07) is 8.59. The van der Waals surface area contributed by atoms with E-state index in [4.69, 9.17) is 9.47 Å². The third kappa shape index (κ3) is 5.56. The maximum absolute atomic E-state index is 12.3. The third-order valence-electron chi connectivity index (χ3n) is 4.88. The summed E-state index contributed by atoms with van der Waals surface area (Å²) in [5, 5.41) is 32.5. The molecule has 0 unspecified atom stereocenters. The van der Waals surface area contributed by atoms with Crippen LogP contribution in [-0.4, -0.2) is 21.1 Å². The highest BCUT2D eigenvalue weighted by atomic mass is 16.7. The van der Waals surface area contributed by atoms with Crippen molar-refractivity contribution in [2.45, 2.75) is 38.5 Å². The molecule has 31 heavy (non-hydrogen) atoms. The number of ether oxygens (including phenoxy) is 2. The number of rotatable bonds is 5. The van der Waals surface area contributed by atoms with Crippen LogP contribution in [0, 0.1) is 20.2 Å². The molecule has 0 aliphatic heterocycles. The zero-order valence-corrected chi connectivity index (χ0v) is 16.5. The first-order valence-electron chi connectivity index (χ1n) is 9.69. The van der Waals surface area contributed by atoms with Gasteiger partial charge in [0.05, 0.1) is 15.6 Å². The Morgan fingerprint density at radius 1 is 0.839 bits per heavy atom. The molecule has 0 atom stereocenters. The first-order chi connectivity index (χ1) is 14.8. The SMILES string of the molecule is O=C(Oc1ccc([N+](=O)[O-])cc1)Oc1ccc([N+](=O)[O-])cc1/C1=C(/O)CCCCCC1. The number of nitrogens with zero attached hydrogens (tertiary/aromatic N) is 2. The average Bonchev–Trinajstić information content (AvgIpc) is 2.72. The summed E-state index contributed by atoms with van der Waals surface area (Å²) >= 11 is 0. The van der Waals surface area contributed by atoms with E-state index in [0.717, 1.165) is 25.7 Å². The maximum atomic E-state index is 12.3. The van der Waals surface area contributed by atoms with Gasteiger partial charge in [-0.25, -0.2) is 4.79 Å². The molecule has 2 aromatic carbocycles. The Labute approximate surface area is 177 Å². The number of aliphatic hydroxyl groups is 1. The van der Waals surface area contributed by atoms with Crippen LogP contribution in [0.4, 0.5) is 16.2 Å². The lowest BCUT2D eigenvalue weighted by Gasteiger charge is -2.17. The van der Waals surface area contributed by atoms with E-state index in [9.17, 15) is 30.1 Å². The molecule has 10 heteroatoms. The summed E-state index contributed by atoms with van der Waals surface area (Å²) in [4.78, 5) is 33.1. The lowest BCUT2D eigenvalue weighted by molar-refractivity contribution is -0.385. The van der Waals surface area contributed by atoms with E-state index < -0.39 is 16.0 Å². The summed E-state index contributed by atoms with van der Waals surface area (Å²) in [6.45, 7) is 0. The van der Waals surface area contributed by atoms with Crippen LogP contribution < -0.4 is 9.47 Å². The summed E-state index contributed by atoms with van der Waals surface area (Å²) < 4.78 is 10.3. The van der Waals surface area contributed by atoms with Crippen LogP contribution in [-0.2, 0) is 0 Å². The number of hydrogen-bond acceptors (Lipinski definition) is 8. The first-order valence-corrected chi connectivity index (χ1v) is 9.69. The van der Waals surface area contributed by atoms with Crippen LogP contribution in [0.5, 0.6) is 11.5 Å². The fourth-order valence-corrected chi connectivity index (χ4v) is 3.33. The molecule has 0 aromatic heterocycles. The van der Waals surface area contributed by atoms with E-state index in [2.05, 4.69) is 0 Å². The number of non-ortho nitro benzene ring substituents is 2. The number of allylic oxidation sites excluding steroid dienone is 2. The standard InChI is InChI=1S/C21H20N2O8/c24-19-6-4-2-1-3-5-17(19)18-13-15(23(28)29)9-12-20(18)31-21(25)30-16-10-7-14(8-11-16)22(26)27/h7-13,24H,1-6H2/b19-17+. The van der Waals surface area contributed by atoms with Gasteiger partial charge in [-0.1, -0.05) is 12.8 Å². The van der Waals surface area contributed by atoms with Crippen LogP contribution in [0.3, 0.4) is 0 Å². The highest BCUT2D eigenvalue weighted by Crippen LogP contribution is 2.37. The Kier molecular flexibility index (Phi) is 6.81.